The first-order valence-electron chi connectivity index (χ1n) is 9.92. The van der Waals surface area contributed by atoms with E-state index in [1.165, 1.54) is 34.7 Å². The minimum absolute atomic E-state index is 0.185. The number of carbonyl (C=O) groups is 2. The van der Waals surface area contributed by atoms with Crippen LogP contribution < -0.4 is 4.90 Å². The van der Waals surface area contributed by atoms with E-state index in [2.05, 4.69) is 34.1 Å². The molecule has 29 heavy (non-hydrogen) atoms. The van der Waals surface area contributed by atoms with Crippen LogP contribution in [0.5, 0.6) is 0 Å². The van der Waals surface area contributed by atoms with Crippen LogP contribution in [0.3, 0.4) is 0 Å². The summed E-state index contributed by atoms with van der Waals surface area (Å²) < 4.78 is 13.2. The fraction of sp³-hybridized carbons (Fsp3) is 0.304. The largest absolute Gasteiger partial charge is 0.297 e. The summed E-state index contributed by atoms with van der Waals surface area (Å²) in [6, 6.07) is 15.3. The first-order valence-corrected chi connectivity index (χ1v) is 9.92. The van der Waals surface area contributed by atoms with Gasteiger partial charge in [0.1, 0.15) is 5.82 Å². The van der Waals surface area contributed by atoms with E-state index in [0.717, 1.165) is 32.7 Å². The van der Waals surface area contributed by atoms with Gasteiger partial charge in [0.2, 0.25) is 5.91 Å². The molecular formula is C23H24FN3O2. The van der Waals surface area contributed by atoms with Gasteiger partial charge in [0.05, 0.1) is 18.2 Å². The minimum atomic E-state index is -0.422. The lowest BCUT2D eigenvalue weighted by molar-refractivity contribution is -0.123. The van der Waals surface area contributed by atoms with Crippen molar-refractivity contribution < 1.29 is 14.0 Å². The second-order valence-electron chi connectivity index (χ2n) is 7.41. The number of rotatable bonds is 5. The summed E-state index contributed by atoms with van der Waals surface area (Å²) in [5, 5.41) is 0. The van der Waals surface area contributed by atoms with Gasteiger partial charge in [-0.1, -0.05) is 42.5 Å². The lowest BCUT2D eigenvalue weighted by Gasteiger charge is -2.36. The van der Waals surface area contributed by atoms with Crippen LogP contribution in [0, 0.1) is 5.82 Å². The van der Waals surface area contributed by atoms with Gasteiger partial charge in [0.15, 0.2) is 0 Å². The Labute approximate surface area is 170 Å². The Bertz CT molecular complexity index is 890. The van der Waals surface area contributed by atoms with Crippen LogP contribution in [0.1, 0.15) is 12.0 Å². The van der Waals surface area contributed by atoms with Crippen molar-refractivity contribution in [3.05, 3.63) is 72.1 Å². The molecule has 0 unspecified atom stereocenters. The molecule has 2 saturated heterocycles. The predicted octanol–water partition coefficient (Wildman–Crippen LogP) is 2.79. The Kier molecular flexibility index (Phi) is 5.83. The zero-order chi connectivity index (χ0) is 20.2. The van der Waals surface area contributed by atoms with E-state index in [0.29, 0.717) is 5.69 Å². The number of carbonyl (C=O) groups excluding carboxylic acids is 2. The van der Waals surface area contributed by atoms with Crippen molar-refractivity contribution in [2.45, 2.75) is 12.5 Å². The van der Waals surface area contributed by atoms with E-state index in [1.807, 2.05) is 18.2 Å². The van der Waals surface area contributed by atoms with Crippen LogP contribution in [0.4, 0.5) is 10.1 Å². The maximum atomic E-state index is 13.2. The molecule has 150 valence electrons. The standard InChI is InChI=1S/C23H24FN3O2/c24-19-8-10-20(11-9-19)27-22(28)17-21(23(27)29)26-15-13-25(14-16-26)12-4-7-18-5-2-1-3-6-18/h1-11,21H,12-17H2/b7-4+/t21-/m1/s1. The average molecular weight is 393 g/mol. The summed E-state index contributed by atoms with van der Waals surface area (Å²) in [5.41, 5.74) is 1.62. The highest BCUT2D eigenvalue weighted by molar-refractivity contribution is 6.22. The van der Waals surface area contributed by atoms with Crippen LogP contribution >= 0.6 is 0 Å². The lowest BCUT2D eigenvalue weighted by Crippen LogP contribution is -2.52. The number of amides is 2. The third-order valence-electron chi connectivity index (χ3n) is 5.53. The average Bonchev–Trinajstić information content (AvgIpc) is 3.04. The van der Waals surface area contributed by atoms with Gasteiger partial charge in [-0.05, 0) is 29.8 Å². The molecule has 4 rings (SSSR count). The van der Waals surface area contributed by atoms with Crippen molar-refractivity contribution in [2.24, 2.45) is 0 Å². The maximum Gasteiger partial charge on any atom is 0.251 e. The molecule has 2 fully saturated rings. The molecule has 0 saturated carbocycles. The van der Waals surface area contributed by atoms with Gasteiger partial charge in [-0.15, -0.1) is 0 Å². The molecule has 2 aromatic carbocycles. The zero-order valence-corrected chi connectivity index (χ0v) is 16.2. The second kappa shape index (κ2) is 8.68. The van der Waals surface area contributed by atoms with E-state index in [1.54, 1.807) is 0 Å². The molecule has 0 aliphatic carbocycles. The Balaban J connectivity index is 1.31. The van der Waals surface area contributed by atoms with Crippen LogP contribution in [-0.2, 0) is 9.59 Å². The van der Waals surface area contributed by atoms with Gasteiger partial charge >= 0.3 is 0 Å². The van der Waals surface area contributed by atoms with Crippen molar-refractivity contribution in [3.8, 4) is 0 Å². The number of piperazine rings is 1. The number of benzene rings is 2. The van der Waals surface area contributed by atoms with Gasteiger partial charge < -0.3 is 0 Å². The molecule has 0 radical (unpaired) electrons. The SMILES string of the molecule is O=C1C[C@@H](N2CCN(C/C=C/c3ccccc3)CC2)C(=O)N1c1ccc(F)cc1. The molecule has 0 spiro atoms. The molecule has 2 amide bonds. The van der Waals surface area contributed by atoms with Crippen LogP contribution in [-0.4, -0.2) is 60.4 Å². The summed E-state index contributed by atoms with van der Waals surface area (Å²) >= 11 is 0. The van der Waals surface area contributed by atoms with Crippen LogP contribution in [0.2, 0.25) is 0 Å². The summed E-state index contributed by atoms with van der Waals surface area (Å²) in [6.07, 6.45) is 4.46. The first-order chi connectivity index (χ1) is 14.1. The third-order valence-corrected chi connectivity index (χ3v) is 5.53. The van der Waals surface area contributed by atoms with Crippen molar-refractivity contribution in [1.29, 1.82) is 0 Å². The molecule has 2 aliphatic heterocycles. The van der Waals surface area contributed by atoms with Crippen LogP contribution in [0.25, 0.3) is 6.08 Å². The van der Waals surface area contributed by atoms with E-state index in [-0.39, 0.29) is 24.1 Å². The van der Waals surface area contributed by atoms with Gasteiger partial charge in [-0.25, -0.2) is 9.29 Å². The van der Waals surface area contributed by atoms with Crippen molar-refractivity contribution >= 4 is 23.6 Å². The molecule has 0 bridgehead atoms. The fourth-order valence-electron chi connectivity index (χ4n) is 3.92. The predicted molar refractivity (Wildman–Crippen MR) is 111 cm³/mol. The Morgan fingerprint density at radius 3 is 2.31 bits per heavy atom. The first kappa shape index (κ1) is 19.5. The van der Waals surface area contributed by atoms with E-state index < -0.39 is 6.04 Å². The quantitative estimate of drug-likeness (QED) is 0.733. The molecule has 0 aromatic heterocycles. The lowest BCUT2D eigenvalue weighted by atomic mass is 10.1. The molecule has 6 heteroatoms. The maximum absolute atomic E-state index is 13.2. The molecule has 2 heterocycles. The molecule has 2 aliphatic rings. The van der Waals surface area contributed by atoms with Crippen molar-refractivity contribution in [1.82, 2.24) is 9.80 Å². The van der Waals surface area contributed by atoms with E-state index in [9.17, 15) is 14.0 Å². The summed E-state index contributed by atoms with van der Waals surface area (Å²) in [7, 11) is 0. The summed E-state index contributed by atoms with van der Waals surface area (Å²) in [4.78, 5) is 30.9. The van der Waals surface area contributed by atoms with E-state index >= 15 is 0 Å². The Morgan fingerprint density at radius 2 is 1.62 bits per heavy atom. The minimum Gasteiger partial charge on any atom is -0.297 e. The summed E-state index contributed by atoms with van der Waals surface area (Å²) in [5.74, 6) is -0.819. The number of hydrogen-bond donors (Lipinski definition) is 0. The van der Waals surface area contributed by atoms with Gasteiger partial charge in [-0.2, -0.15) is 0 Å². The monoisotopic (exact) mass is 393 g/mol. The normalized spacial score (nSPS) is 21.4. The third kappa shape index (κ3) is 4.44. The fourth-order valence-corrected chi connectivity index (χ4v) is 3.92. The molecule has 0 N–H and O–H groups in total. The second-order valence-corrected chi connectivity index (χ2v) is 7.41. The topological polar surface area (TPSA) is 43.9 Å². The number of imide groups is 1. The summed E-state index contributed by atoms with van der Waals surface area (Å²) in [6.45, 7) is 4.07. The van der Waals surface area contributed by atoms with Gasteiger partial charge in [0.25, 0.3) is 5.91 Å². The smallest absolute Gasteiger partial charge is 0.251 e. The highest BCUT2D eigenvalue weighted by atomic mass is 19.1. The molecular weight excluding hydrogens is 369 g/mol. The molecule has 1 atom stereocenters. The molecule has 2 aromatic rings. The van der Waals surface area contributed by atoms with Gasteiger partial charge in [-0.3, -0.25) is 19.4 Å². The van der Waals surface area contributed by atoms with Crippen LogP contribution in [0.15, 0.2) is 60.7 Å². The zero-order valence-electron chi connectivity index (χ0n) is 16.2. The Morgan fingerprint density at radius 1 is 0.931 bits per heavy atom. The number of nitrogens with zero attached hydrogens (tertiary/aromatic N) is 3. The van der Waals surface area contributed by atoms with Gasteiger partial charge in [0, 0.05) is 32.7 Å². The number of halogens is 1. The van der Waals surface area contributed by atoms with E-state index in [4.69, 9.17) is 0 Å². The highest BCUT2D eigenvalue weighted by Gasteiger charge is 2.43. The number of anilines is 1. The van der Waals surface area contributed by atoms with Crippen molar-refractivity contribution in [2.75, 3.05) is 37.6 Å². The number of hydrogen-bond acceptors (Lipinski definition) is 4. The Hall–Kier alpha value is -2.83. The highest BCUT2D eigenvalue weighted by Crippen LogP contribution is 2.26. The molecule has 5 nitrogen and oxygen atoms in total. The van der Waals surface area contributed by atoms with Crippen molar-refractivity contribution in [3.63, 3.8) is 0 Å².